The Bertz CT molecular complexity index is 1670. The molecule has 1 fully saturated rings. The van der Waals surface area contributed by atoms with Gasteiger partial charge in [-0.05, 0) is 122 Å². The van der Waals surface area contributed by atoms with Gasteiger partial charge < -0.3 is 48.1 Å². The number of unbranched alkanes of at least 4 members (excludes halogenated alkanes) is 12. The average molecular weight is 1160 g/mol. The molecule has 0 aromatic rings. The summed E-state index contributed by atoms with van der Waals surface area (Å²) >= 11 is 0. The molecule has 1 aliphatic heterocycles. The van der Waals surface area contributed by atoms with Crippen LogP contribution in [0.5, 0.6) is 0 Å². The van der Waals surface area contributed by atoms with E-state index in [1.165, 1.54) is 0 Å². The van der Waals surface area contributed by atoms with Gasteiger partial charge in [0.25, 0.3) is 0 Å². The van der Waals surface area contributed by atoms with Gasteiger partial charge in [-0.15, -0.1) is 0 Å². The molecule has 1 aliphatic rings. The zero-order valence-corrected chi connectivity index (χ0v) is 51.1. The summed E-state index contributed by atoms with van der Waals surface area (Å²) in [5, 5.41) is 2.84. The number of carbonyl (C=O) groups excluding carboxylic acids is 8. The van der Waals surface area contributed by atoms with E-state index in [1.54, 1.807) is 0 Å². The Morgan fingerprint density at radius 1 is 0.402 bits per heavy atom. The SMILES string of the molecule is CCCCC/C=C\CCOC(=O)CCCC(=O)OCC(COC(=O)CCCC(=O)OCC/C=C\CCCCC)(COC(=O)CCCC(=O)OCC/C=C\CCCCC)COC(=O)CCC(CCCCCC)OC(=O)NCCN1CCCC1. The third-order valence-corrected chi connectivity index (χ3v) is 13.7. The van der Waals surface area contributed by atoms with Crippen molar-refractivity contribution in [2.45, 2.75) is 246 Å². The number of ether oxygens (including phenoxy) is 8. The van der Waals surface area contributed by atoms with Gasteiger partial charge in [-0.25, -0.2) is 4.79 Å². The molecule has 1 rings (SSSR count). The monoisotopic (exact) mass is 1160 g/mol. The van der Waals surface area contributed by atoms with Gasteiger partial charge in [0.05, 0.1) is 19.8 Å². The predicted octanol–water partition coefficient (Wildman–Crippen LogP) is 12.8. The van der Waals surface area contributed by atoms with Gasteiger partial charge in [0, 0.05) is 58.0 Å². The Morgan fingerprint density at radius 2 is 0.744 bits per heavy atom. The van der Waals surface area contributed by atoms with E-state index in [0.29, 0.717) is 32.2 Å². The van der Waals surface area contributed by atoms with Crippen LogP contribution >= 0.6 is 0 Å². The topological polar surface area (TPSA) is 226 Å². The Labute approximate surface area is 492 Å². The Morgan fingerprint density at radius 3 is 1.12 bits per heavy atom. The number of esters is 7. The highest BCUT2D eigenvalue weighted by Gasteiger charge is 2.38. The molecular weight excluding hydrogens is 1050 g/mol. The molecule has 18 heteroatoms. The predicted molar refractivity (Wildman–Crippen MR) is 316 cm³/mol. The summed E-state index contributed by atoms with van der Waals surface area (Å²) < 4.78 is 44.8. The fourth-order valence-corrected chi connectivity index (χ4v) is 8.64. The van der Waals surface area contributed by atoms with Crippen molar-refractivity contribution in [2.24, 2.45) is 5.41 Å². The molecule has 82 heavy (non-hydrogen) atoms. The molecule has 1 amide bonds. The summed E-state index contributed by atoms with van der Waals surface area (Å²) in [6, 6.07) is 0. The van der Waals surface area contributed by atoms with Crippen molar-refractivity contribution in [1.82, 2.24) is 10.2 Å². The van der Waals surface area contributed by atoms with Crippen LogP contribution in [0.25, 0.3) is 0 Å². The first-order valence-electron chi connectivity index (χ1n) is 31.6. The molecule has 1 atom stereocenters. The lowest BCUT2D eigenvalue weighted by molar-refractivity contribution is -0.171. The highest BCUT2D eigenvalue weighted by molar-refractivity contribution is 5.74. The van der Waals surface area contributed by atoms with Crippen molar-refractivity contribution < 1.29 is 76.3 Å². The van der Waals surface area contributed by atoms with Crippen molar-refractivity contribution in [2.75, 3.05) is 72.4 Å². The lowest BCUT2D eigenvalue weighted by Crippen LogP contribution is -2.44. The highest BCUT2D eigenvalue weighted by atomic mass is 16.6. The number of hydrogen-bond acceptors (Lipinski definition) is 17. The molecule has 0 aliphatic carbocycles. The quantitative estimate of drug-likeness (QED) is 0.0258. The van der Waals surface area contributed by atoms with Crippen LogP contribution in [0.3, 0.4) is 0 Å². The van der Waals surface area contributed by atoms with Gasteiger partial charge in [-0.3, -0.25) is 33.6 Å². The molecule has 470 valence electrons. The van der Waals surface area contributed by atoms with Crippen molar-refractivity contribution >= 4 is 47.9 Å². The number of rotatable bonds is 53. The molecule has 1 heterocycles. The lowest BCUT2D eigenvalue weighted by Gasteiger charge is -2.31. The van der Waals surface area contributed by atoms with Crippen molar-refractivity contribution in [3.63, 3.8) is 0 Å². The van der Waals surface area contributed by atoms with Gasteiger partial charge in [-0.2, -0.15) is 0 Å². The number of nitrogens with one attached hydrogen (secondary N) is 1. The van der Waals surface area contributed by atoms with E-state index in [1.807, 2.05) is 18.2 Å². The standard InChI is InChI=1S/C64H108N2O16/c1-5-9-13-17-20-23-29-48-75-56(67)36-32-39-59(70)78-51-64(52-79-60(71)40-33-37-57(68)76-49-30-24-21-18-14-10-6-2,53-80-61(72)41-34-38-58(69)77-50-31-25-22-19-15-11-7-3)54-81-62(73)43-42-55(35-26-16-12-8-4)82-63(74)65-44-47-66-45-27-28-46-66/h20-25,55H,5-19,26-54H2,1-4H3,(H,65,74)/b23-20-,24-21-,25-22-. The Balaban J connectivity index is 3.19. The molecule has 0 aromatic carbocycles. The van der Waals surface area contributed by atoms with E-state index in [4.69, 9.17) is 37.9 Å². The minimum atomic E-state index is -1.63. The van der Waals surface area contributed by atoms with E-state index in [-0.39, 0.29) is 90.4 Å². The molecule has 0 saturated carbocycles. The molecular formula is C64H108N2O16. The summed E-state index contributed by atoms with van der Waals surface area (Å²) in [7, 11) is 0. The van der Waals surface area contributed by atoms with Crippen molar-refractivity contribution in [3.05, 3.63) is 36.5 Å². The molecule has 0 aromatic heterocycles. The van der Waals surface area contributed by atoms with E-state index in [9.17, 15) is 38.4 Å². The van der Waals surface area contributed by atoms with Crippen LogP contribution in [0.1, 0.15) is 240 Å². The van der Waals surface area contributed by atoms with Gasteiger partial charge in [-0.1, -0.05) is 122 Å². The third-order valence-electron chi connectivity index (χ3n) is 13.7. The van der Waals surface area contributed by atoms with Crippen LogP contribution in [-0.2, 0) is 71.5 Å². The van der Waals surface area contributed by atoms with Crippen molar-refractivity contribution in [3.8, 4) is 0 Å². The maximum absolute atomic E-state index is 13.6. The van der Waals surface area contributed by atoms with E-state index >= 15 is 0 Å². The Kier molecular flexibility index (Phi) is 47.9. The van der Waals surface area contributed by atoms with E-state index in [0.717, 1.165) is 135 Å². The number of nitrogens with zero attached hydrogens (tertiary/aromatic N) is 1. The number of allylic oxidation sites excluding steroid dienone is 3. The first-order valence-corrected chi connectivity index (χ1v) is 31.6. The summed E-state index contributed by atoms with van der Waals surface area (Å²) in [6.07, 6.45) is 32.2. The minimum Gasteiger partial charge on any atom is -0.465 e. The van der Waals surface area contributed by atoms with E-state index < -0.39 is 85.8 Å². The van der Waals surface area contributed by atoms with Crippen LogP contribution in [0.2, 0.25) is 0 Å². The fraction of sp³-hybridized carbons (Fsp3) is 0.781. The number of carbonyl (C=O) groups is 8. The second-order valence-corrected chi connectivity index (χ2v) is 21.5. The van der Waals surface area contributed by atoms with Gasteiger partial charge >= 0.3 is 47.9 Å². The number of hydrogen-bond donors (Lipinski definition) is 1. The van der Waals surface area contributed by atoms with E-state index in [2.05, 4.69) is 56.1 Å². The zero-order valence-electron chi connectivity index (χ0n) is 51.1. The Hall–Kier alpha value is -5.26. The van der Waals surface area contributed by atoms with Gasteiger partial charge in [0.2, 0.25) is 0 Å². The van der Waals surface area contributed by atoms with Crippen LogP contribution < -0.4 is 5.32 Å². The molecule has 1 saturated heterocycles. The fourth-order valence-electron chi connectivity index (χ4n) is 8.64. The maximum Gasteiger partial charge on any atom is 0.407 e. The first kappa shape index (κ1) is 74.8. The molecule has 0 bridgehead atoms. The van der Waals surface area contributed by atoms with Crippen LogP contribution in [0.15, 0.2) is 36.5 Å². The highest BCUT2D eigenvalue weighted by Crippen LogP contribution is 2.24. The van der Waals surface area contributed by atoms with Gasteiger partial charge in [0.1, 0.15) is 37.9 Å². The minimum absolute atomic E-state index is 0.0374. The second-order valence-electron chi connectivity index (χ2n) is 21.5. The zero-order chi connectivity index (χ0) is 60.0. The molecule has 18 nitrogen and oxygen atoms in total. The van der Waals surface area contributed by atoms with Crippen LogP contribution in [0, 0.1) is 5.41 Å². The summed E-state index contributed by atoms with van der Waals surface area (Å²) in [4.78, 5) is 106. The average Bonchev–Trinajstić information content (AvgIpc) is 4.07. The lowest BCUT2D eigenvalue weighted by atomic mass is 9.92. The second kappa shape index (κ2) is 52.5. The largest absolute Gasteiger partial charge is 0.465 e. The van der Waals surface area contributed by atoms with Crippen LogP contribution in [-0.4, -0.2) is 131 Å². The number of likely N-dealkylation sites (tertiary alicyclic amines) is 1. The molecule has 0 radical (unpaired) electrons. The molecule has 1 unspecified atom stereocenters. The number of amides is 1. The summed E-state index contributed by atoms with van der Waals surface area (Å²) in [6.45, 7) is 10.2. The van der Waals surface area contributed by atoms with Gasteiger partial charge in [0.15, 0.2) is 0 Å². The normalized spacial score (nSPS) is 13.1. The summed E-state index contributed by atoms with van der Waals surface area (Å²) in [5.74, 6) is -4.22. The third kappa shape index (κ3) is 45.3. The summed E-state index contributed by atoms with van der Waals surface area (Å²) in [5.41, 5.74) is -1.63. The smallest absolute Gasteiger partial charge is 0.407 e. The number of alkyl carbamates (subject to hydrolysis) is 1. The molecule has 0 spiro atoms. The molecule has 1 N–H and O–H groups in total. The van der Waals surface area contributed by atoms with Crippen molar-refractivity contribution in [1.29, 1.82) is 0 Å². The van der Waals surface area contributed by atoms with Crippen LogP contribution in [0.4, 0.5) is 4.79 Å². The maximum atomic E-state index is 13.6. The first-order chi connectivity index (χ1) is 39.8.